The zero-order chi connectivity index (χ0) is 16.8. The third kappa shape index (κ3) is 2.97. The first kappa shape index (κ1) is 17.0. The summed E-state index contributed by atoms with van der Waals surface area (Å²) < 4.78 is 0. The van der Waals surface area contributed by atoms with Gasteiger partial charge in [-0.25, -0.2) is 4.98 Å². The summed E-state index contributed by atoms with van der Waals surface area (Å²) in [5.74, 6) is 4.23. The number of aromatic nitrogens is 2. The van der Waals surface area contributed by atoms with Gasteiger partial charge in [0.15, 0.2) is 0 Å². The van der Waals surface area contributed by atoms with Gasteiger partial charge in [-0.3, -0.25) is 0 Å². The Morgan fingerprint density at radius 3 is 2.61 bits per heavy atom. The molecular weight excluding hydrogens is 282 g/mol. The normalized spacial score (nSPS) is 32.1. The minimum Gasteiger partial charge on any atom is -0.344 e. The van der Waals surface area contributed by atoms with Crippen LogP contribution < -0.4 is 5.32 Å². The van der Waals surface area contributed by atoms with Gasteiger partial charge in [0.05, 0.1) is 11.4 Å². The lowest BCUT2D eigenvalue weighted by Gasteiger charge is -2.62. The fourth-order valence-corrected chi connectivity index (χ4v) is 4.98. The second-order valence-electron chi connectivity index (χ2n) is 8.89. The van der Waals surface area contributed by atoms with E-state index in [-0.39, 0.29) is 0 Å². The number of rotatable bonds is 6. The van der Waals surface area contributed by atoms with Crippen molar-refractivity contribution in [3.63, 3.8) is 0 Å². The van der Waals surface area contributed by atoms with Crippen LogP contribution in [0.25, 0.3) is 0 Å². The topological polar surface area (TPSA) is 40.7 Å². The Hall–Kier alpha value is -0.830. The van der Waals surface area contributed by atoms with Crippen LogP contribution in [0.2, 0.25) is 0 Å². The first-order valence-corrected chi connectivity index (χ1v) is 9.65. The number of hydrogen-bond acceptors (Lipinski definition) is 2. The number of fused-ring (bicyclic) bond motifs is 2. The van der Waals surface area contributed by atoms with E-state index in [1.54, 1.807) is 0 Å². The molecule has 1 aromatic heterocycles. The van der Waals surface area contributed by atoms with E-state index in [0.29, 0.717) is 17.4 Å². The van der Waals surface area contributed by atoms with Gasteiger partial charge in [0.2, 0.25) is 0 Å². The highest BCUT2D eigenvalue weighted by atomic mass is 15.0. The van der Waals surface area contributed by atoms with Crippen molar-refractivity contribution in [3.05, 3.63) is 17.2 Å². The molecule has 1 aromatic rings. The molecule has 3 aliphatic rings. The zero-order valence-corrected chi connectivity index (χ0v) is 15.9. The van der Waals surface area contributed by atoms with Gasteiger partial charge in [-0.1, -0.05) is 48.0 Å². The Labute approximate surface area is 142 Å². The fourth-order valence-electron chi connectivity index (χ4n) is 4.98. The van der Waals surface area contributed by atoms with Crippen molar-refractivity contribution in [2.45, 2.75) is 85.7 Å². The van der Waals surface area contributed by atoms with Crippen LogP contribution in [-0.2, 0) is 13.0 Å². The highest BCUT2D eigenvalue weighted by Crippen LogP contribution is 2.61. The van der Waals surface area contributed by atoms with E-state index in [2.05, 4.69) is 51.8 Å². The molecule has 2 bridgehead atoms. The number of aryl methyl sites for hydroxylation is 1. The third-order valence-corrected chi connectivity index (χ3v) is 6.81. The van der Waals surface area contributed by atoms with Crippen molar-refractivity contribution in [3.8, 4) is 0 Å². The van der Waals surface area contributed by atoms with Crippen LogP contribution in [0.5, 0.6) is 0 Å². The van der Waals surface area contributed by atoms with Crippen molar-refractivity contribution < 1.29 is 0 Å². The molecule has 2 N–H and O–H groups in total. The van der Waals surface area contributed by atoms with Crippen LogP contribution in [0.3, 0.4) is 0 Å². The predicted molar refractivity (Wildman–Crippen MR) is 96.5 cm³/mol. The van der Waals surface area contributed by atoms with Crippen LogP contribution >= 0.6 is 0 Å². The molecule has 3 saturated carbocycles. The van der Waals surface area contributed by atoms with Crippen molar-refractivity contribution in [1.29, 1.82) is 0 Å². The Morgan fingerprint density at radius 1 is 1.30 bits per heavy atom. The highest BCUT2D eigenvalue weighted by Gasteiger charge is 2.55. The van der Waals surface area contributed by atoms with E-state index >= 15 is 0 Å². The molecule has 0 radical (unpaired) electrons. The lowest BCUT2D eigenvalue weighted by Crippen LogP contribution is -2.59. The minimum atomic E-state index is 0.474. The average molecular weight is 318 g/mol. The van der Waals surface area contributed by atoms with E-state index in [0.717, 1.165) is 43.0 Å². The van der Waals surface area contributed by atoms with Crippen LogP contribution in [0.15, 0.2) is 0 Å². The standard InChI is InChI=1S/C20H35N3/c1-7-8-16-18(23-19(22-16)12(2)3)11-21-17-10-14-9-15(13(17)4)20(14,5)6/h12-15,17,21H,7-11H2,1-6H3,(H,22,23)/t13-,14+,15-,17-/m1/s1. The maximum Gasteiger partial charge on any atom is 0.109 e. The summed E-state index contributed by atoms with van der Waals surface area (Å²) in [4.78, 5) is 8.42. The second-order valence-corrected chi connectivity index (χ2v) is 8.89. The first-order valence-electron chi connectivity index (χ1n) is 9.65. The minimum absolute atomic E-state index is 0.474. The molecule has 3 fully saturated rings. The van der Waals surface area contributed by atoms with Crippen molar-refractivity contribution in [2.75, 3.05) is 0 Å². The van der Waals surface area contributed by atoms with Crippen molar-refractivity contribution in [2.24, 2.45) is 23.2 Å². The van der Waals surface area contributed by atoms with Gasteiger partial charge in [-0.05, 0) is 42.4 Å². The van der Waals surface area contributed by atoms with E-state index in [9.17, 15) is 0 Å². The van der Waals surface area contributed by atoms with Crippen LogP contribution in [0, 0.1) is 23.2 Å². The number of nitrogens with one attached hydrogen (secondary N) is 2. The molecule has 3 nitrogen and oxygen atoms in total. The molecule has 0 saturated heterocycles. The summed E-state index contributed by atoms with van der Waals surface area (Å²) >= 11 is 0. The number of aromatic amines is 1. The SMILES string of the molecule is CCCc1nc(C(C)C)[nH]c1CN[C@@H]1C[C@@H]2C[C@H]([C@H]1C)C2(C)C. The third-order valence-electron chi connectivity index (χ3n) is 6.81. The van der Waals surface area contributed by atoms with Crippen LogP contribution in [-0.4, -0.2) is 16.0 Å². The Balaban J connectivity index is 1.65. The Kier molecular flexibility index (Phi) is 4.61. The Bertz CT molecular complexity index is 543. The summed E-state index contributed by atoms with van der Waals surface area (Å²) in [7, 11) is 0. The molecule has 3 heteroatoms. The number of hydrogen-bond donors (Lipinski definition) is 2. The van der Waals surface area contributed by atoms with Gasteiger partial charge < -0.3 is 10.3 Å². The quantitative estimate of drug-likeness (QED) is 0.802. The molecular formula is C20H35N3. The lowest BCUT2D eigenvalue weighted by atomic mass is 9.45. The van der Waals surface area contributed by atoms with E-state index in [4.69, 9.17) is 4.98 Å². The molecule has 4 atom stereocenters. The molecule has 3 aliphatic carbocycles. The second kappa shape index (κ2) is 6.23. The largest absolute Gasteiger partial charge is 0.344 e. The van der Waals surface area contributed by atoms with Gasteiger partial charge in [-0.2, -0.15) is 0 Å². The molecule has 130 valence electrons. The smallest absolute Gasteiger partial charge is 0.109 e. The lowest BCUT2D eigenvalue weighted by molar-refractivity contribution is -0.115. The number of nitrogens with zero attached hydrogens (tertiary/aromatic N) is 1. The Morgan fingerprint density at radius 2 is 2.04 bits per heavy atom. The van der Waals surface area contributed by atoms with Gasteiger partial charge in [0, 0.05) is 18.5 Å². The zero-order valence-electron chi connectivity index (χ0n) is 15.9. The van der Waals surface area contributed by atoms with Gasteiger partial charge >= 0.3 is 0 Å². The maximum absolute atomic E-state index is 4.83. The van der Waals surface area contributed by atoms with E-state index < -0.39 is 0 Å². The molecule has 0 amide bonds. The monoisotopic (exact) mass is 317 g/mol. The molecule has 0 spiro atoms. The number of imidazole rings is 1. The van der Waals surface area contributed by atoms with E-state index in [1.165, 1.54) is 24.2 Å². The number of H-pyrrole nitrogens is 1. The van der Waals surface area contributed by atoms with Gasteiger partial charge in [-0.15, -0.1) is 0 Å². The summed E-state index contributed by atoms with van der Waals surface area (Å²) in [5.41, 5.74) is 3.17. The van der Waals surface area contributed by atoms with Gasteiger partial charge in [0.1, 0.15) is 5.82 Å². The maximum atomic E-state index is 4.83. The first-order chi connectivity index (χ1) is 10.8. The molecule has 1 heterocycles. The molecule has 4 rings (SSSR count). The molecule has 0 aliphatic heterocycles. The molecule has 0 aromatic carbocycles. The van der Waals surface area contributed by atoms with Crippen LogP contribution in [0.1, 0.15) is 83.9 Å². The van der Waals surface area contributed by atoms with Crippen molar-refractivity contribution >= 4 is 0 Å². The van der Waals surface area contributed by atoms with Crippen molar-refractivity contribution in [1.82, 2.24) is 15.3 Å². The summed E-state index contributed by atoms with van der Waals surface area (Å²) in [6, 6.07) is 0.673. The summed E-state index contributed by atoms with van der Waals surface area (Å²) in [6.07, 6.45) is 5.04. The average Bonchev–Trinajstić information content (AvgIpc) is 2.89. The summed E-state index contributed by atoms with van der Waals surface area (Å²) in [6.45, 7) is 15.0. The fraction of sp³-hybridized carbons (Fsp3) is 0.850. The highest BCUT2D eigenvalue weighted by molar-refractivity contribution is 5.17. The van der Waals surface area contributed by atoms with Crippen LogP contribution in [0.4, 0.5) is 0 Å². The predicted octanol–water partition coefficient (Wildman–Crippen LogP) is 4.65. The molecule has 0 unspecified atom stereocenters. The van der Waals surface area contributed by atoms with E-state index in [1.807, 2.05) is 0 Å². The summed E-state index contributed by atoms with van der Waals surface area (Å²) in [5, 5.41) is 3.87. The van der Waals surface area contributed by atoms with Gasteiger partial charge in [0.25, 0.3) is 0 Å². The molecule has 23 heavy (non-hydrogen) atoms.